The number of unbranched alkanes of at least 4 members (excludes halogenated alkanes) is 8. The Labute approximate surface area is 113 Å². The lowest BCUT2D eigenvalue weighted by atomic mass is 10.1. The predicted molar refractivity (Wildman–Crippen MR) is 77.4 cm³/mol. The maximum Gasteiger partial charge on any atom is 0.146 e. The van der Waals surface area contributed by atoms with Crippen LogP contribution in [0.25, 0.3) is 0 Å². The second kappa shape index (κ2) is 16.5. The van der Waals surface area contributed by atoms with Gasteiger partial charge in [-0.1, -0.05) is 45.4 Å². The van der Waals surface area contributed by atoms with Gasteiger partial charge in [0.05, 0.1) is 0 Å². The van der Waals surface area contributed by atoms with Crippen LogP contribution < -0.4 is 0 Å². The third-order valence-corrected chi connectivity index (χ3v) is 2.92. The third-order valence-electron chi connectivity index (χ3n) is 2.92. The van der Waals surface area contributed by atoms with Crippen LogP contribution in [0.4, 0.5) is 0 Å². The molecule has 0 radical (unpaired) electrons. The van der Waals surface area contributed by atoms with Crippen LogP contribution >= 0.6 is 0 Å². The first kappa shape index (κ1) is 17.5. The molecular weight excluding hydrogens is 224 g/mol. The lowest BCUT2D eigenvalue weighted by molar-refractivity contribution is -0.0555. The Hall–Kier alpha value is -0.520. The van der Waals surface area contributed by atoms with Crippen molar-refractivity contribution < 1.29 is 9.47 Å². The SMILES string of the molecule is C#CCCCCCCCCOCOCCCCC. The first-order valence-electron chi connectivity index (χ1n) is 7.50. The molecule has 0 bridgehead atoms. The summed E-state index contributed by atoms with van der Waals surface area (Å²) >= 11 is 0. The van der Waals surface area contributed by atoms with Gasteiger partial charge in [0.1, 0.15) is 6.79 Å². The van der Waals surface area contributed by atoms with Crippen LogP contribution in [0.5, 0.6) is 0 Å². The second-order valence-electron chi connectivity index (χ2n) is 4.72. The summed E-state index contributed by atoms with van der Waals surface area (Å²) in [4.78, 5) is 0. The predicted octanol–water partition coefficient (Wildman–Crippen LogP) is 4.53. The van der Waals surface area contributed by atoms with E-state index in [0.717, 1.165) is 32.5 Å². The largest absolute Gasteiger partial charge is 0.355 e. The van der Waals surface area contributed by atoms with Crippen molar-refractivity contribution in [2.75, 3.05) is 20.0 Å². The van der Waals surface area contributed by atoms with E-state index in [4.69, 9.17) is 15.9 Å². The maximum atomic E-state index is 5.41. The van der Waals surface area contributed by atoms with Gasteiger partial charge in [-0.25, -0.2) is 0 Å². The molecule has 0 aliphatic carbocycles. The summed E-state index contributed by atoms with van der Waals surface area (Å²) < 4.78 is 10.8. The average molecular weight is 254 g/mol. The summed E-state index contributed by atoms with van der Waals surface area (Å²) in [6.07, 6.45) is 17.2. The summed E-state index contributed by atoms with van der Waals surface area (Å²) in [6.45, 7) is 4.33. The number of hydrogen-bond acceptors (Lipinski definition) is 2. The van der Waals surface area contributed by atoms with Crippen molar-refractivity contribution in [2.45, 2.75) is 71.1 Å². The van der Waals surface area contributed by atoms with Crippen LogP contribution in [0.15, 0.2) is 0 Å². The number of rotatable bonds is 14. The monoisotopic (exact) mass is 254 g/mol. The van der Waals surface area contributed by atoms with Gasteiger partial charge in [0.25, 0.3) is 0 Å². The maximum absolute atomic E-state index is 5.41. The Morgan fingerprint density at radius 2 is 1.33 bits per heavy atom. The molecule has 0 aromatic rings. The van der Waals surface area contributed by atoms with Gasteiger partial charge in [0.2, 0.25) is 0 Å². The number of terminal acetylenes is 1. The van der Waals surface area contributed by atoms with Crippen molar-refractivity contribution in [1.82, 2.24) is 0 Å². The minimum absolute atomic E-state index is 0.464. The van der Waals surface area contributed by atoms with Gasteiger partial charge in [0.15, 0.2) is 0 Å². The lowest BCUT2D eigenvalue weighted by Gasteiger charge is -2.05. The van der Waals surface area contributed by atoms with Gasteiger partial charge in [-0.3, -0.25) is 0 Å². The van der Waals surface area contributed by atoms with E-state index >= 15 is 0 Å². The summed E-state index contributed by atoms with van der Waals surface area (Å²) in [5.41, 5.74) is 0. The lowest BCUT2D eigenvalue weighted by Crippen LogP contribution is -2.02. The van der Waals surface area contributed by atoms with Crippen LogP contribution in [0.3, 0.4) is 0 Å². The summed E-state index contributed by atoms with van der Waals surface area (Å²) in [5, 5.41) is 0. The molecule has 0 atom stereocenters. The summed E-state index contributed by atoms with van der Waals surface area (Å²) in [7, 11) is 0. The fourth-order valence-electron chi connectivity index (χ4n) is 1.77. The molecule has 0 aliphatic rings. The molecule has 0 saturated heterocycles. The molecule has 0 rings (SSSR count). The fraction of sp³-hybridized carbons (Fsp3) is 0.875. The molecule has 106 valence electrons. The number of ether oxygens (including phenoxy) is 2. The molecule has 0 N–H and O–H groups in total. The highest BCUT2D eigenvalue weighted by Crippen LogP contribution is 2.06. The normalized spacial score (nSPS) is 10.4. The minimum atomic E-state index is 0.464. The highest BCUT2D eigenvalue weighted by Gasteiger charge is 1.92. The van der Waals surface area contributed by atoms with Crippen LogP contribution in [0.1, 0.15) is 71.1 Å². The van der Waals surface area contributed by atoms with E-state index in [1.54, 1.807) is 0 Å². The van der Waals surface area contributed by atoms with Crippen LogP contribution in [-0.2, 0) is 9.47 Å². The van der Waals surface area contributed by atoms with E-state index in [1.807, 2.05) is 0 Å². The zero-order valence-electron chi connectivity index (χ0n) is 12.1. The number of hydrogen-bond donors (Lipinski definition) is 0. The Morgan fingerprint density at radius 1 is 0.778 bits per heavy atom. The molecule has 0 saturated carbocycles. The van der Waals surface area contributed by atoms with Crippen LogP contribution in [0.2, 0.25) is 0 Å². The van der Waals surface area contributed by atoms with Crippen molar-refractivity contribution in [1.29, 1.82) is 0 Å². The van der Waals surface area contributed by atoms with E-state index < -0.39 is 0 Å². The first-order valence-corrected chi connectivity index (χ1v) is 7.50. The molecule has 18 heavy (non-hydrogen) atoms. The molecule has 0 fully saturated rings. The molecule has 0 aromatic carbocycles. The molecule has 0 aliphatic heterocycles. The molecule has 0 spiro atoms. The van der Waals surface area contributed by atoms with Crippen molar-refractivity contribution in [3.05, 3.63) is 0 Å². The summed E-state index contributed by atoms with van der Waals surface area (Å²) in [6, 6.07) is 0. The van der Waals surface area contributed by atoms with E-state index in [1.165, 1.54) is 44.9 Å². The zero-order chi connectivity index (χ0) is 13.3. The van der Waals surface area contributed by atoms with Gasteiger partial charge < -0.3 is 9.47 Å². The van der Waals surface area contributed by atoms with Gasteiger partial charge in [-0.2, -0.15) is 0 Å². The van der Waals surface area contributed by atoms with Crippen LogP contribution in [0, 0.1) is 12.3 Å². The van der Waals surface area contributed by atoms with Crippen molar-refractivity contribution in [2.24, 2.45) is 0 Å². The molecule has 2 nitrogen and oxygen atoms in total. The van der Waals surface area contributed by atoms with Crippen molar-refractivity contribution in [3.63, 3.8) is 0 Å². The minimum Gasteiger partial charge on any atom is -0.355 e. The van der Waals surface area contributed by atoms with Crippen LogP contribution in [-0.4, -0.2) is 20.0 Å². The average Bonchev–Trinajstić information content (AvgIpc) is 2.39. The second-order valence-corrected chi connectivity index (χ2v) is 4.72. The smallest absolute Gasteiger partial charge is 0.146 e. The molecule has 2 heteroatoms. The third kappa shape index (κ3) is 15.5. The van der Waals surface area contributed by atoms with E-state index in [9.17, 15) is 0 Å². The van der Waals surface area contributed by atoms with Gasteiger partial charge >= 0.3 is 0 Å². The van der Waals surface area contributed by atoms with Gasteiger partial charge in [-0.05, 0) is 19.3 Å². The van der Waals surface area contributed by atoms with E-state index in [0.29, 0.717) is 6.79 Å². The zero-order valence-corrected chi connectivity index (χ0v) is 12.1. The molecule has 0 amide bonds. The highest BCUT2D eigenvalue weighted by molar-refractivity contribution is 4.82. The van der Waals surface area contributed by atoms with Gasteiger partial charge in [-0.15, -0.1) is 12.3 Å². The summed E-state index contributed by atoms with van der Waals surface area (Å²) in [5.74, 6) is 2.68. The standard InChI is InChI=1S/C16H30O2/c1-3-5-7-8-9-10-11-13-15-18-16-17-14-12-6-4-2/h1H,4-16H2,2H3. The Balaban J connectivity index is 2.89. The first-order chi connectivity index (χ1) is 8.91. The van der Waals surface area contributed by atoms with Crippen molar-refractivity contribution >= 4 is 0 Å². The Bertz CT molecular complexity index is 184. The molecule has 0 unspecified atom stereocenters. The molecule has 0 aromatic heterocycles. The highest BCUT2D eigenvalue weighted by atomic mass is 16.7. The van der Waals surface area contributed by atoms with Crippen molar-refractivity contribution in [3.8, 4) is 12.3 Å². The Morgan fingerprint density at radius 3 is 1.94 bits per heavy atom. The Kier molecular flexibility index (Phi) is 16.0. The van der Waals surface area contributed by atoms with E-state index in [-0.39, 0.29) is 0 Å². The quantitative estimate of drug-likeness (QED) is 0.257. The molecular formula is C16H30O2. The fourth-order valence-corrected chi connectivity index (χ4v) is 1.77. The van der Waals surface area contributed by atoms with E-state index in [2.05, 4.69) is 12.8 Å². The molecule has 0 heterocycles. The topological polar surface area (TPSA) is 18.5 Å². The van der Waals surface area contributed by atoms with Gasteiger partial charge in [0, 0.05) is 19.6 Å².